The van der Waals surface area contributed by atoms with Gasteiger partial charge in [0.1, 0.15) is 13.2 Å². The molecular formula is C75H136O6. The fourth-order valence-corrected chi connectivity index (χ4v) is 10.6. The molecule has 1 atom stereocenters. The van der Waals surface area contributed by atoms with Crippen LogP contribution in [0.3, 0.4) is 0 Å². The molecule has 6 nitrogen and oxygen atoms in total. The molecule has 0 heterocycles. The predicted molar refractivity (Wildman–Crippen MR) is 353 cm³/mol. The van der Waals surface area contributed by atoms with Crippen molar-refractivity contribution in [3.8, 4) is 0 Å². The van der Waals surface area contributed by atoms with Gasteiger partial charge in [0.15, 0.2) is 6.10 Å². The lowest BCUT2D eigenvalue weighted by atomic mass is 10.0. The van der Waals surface area contributed by atoms with Gasteiger partial charge in [-0.1, -0.05) is 332 Å². The molecule has 81 heavy (non-hydrogen) atoms. The predicted octanol–water partition coefficient (Wildman–Crippen LogP) is 24.7. The van der Waals surface area contributed by atoms with Crippen molar-refractivity contribution >= 4 is 17.9 Å². The Morgan fingerprint density at radius 3 is 0.716 bits per heavy atom. The van der Waals surface area contributed by atoms with E-state index in [0.717, 1.165) is 83.5 Å². The Morgan fingerprint density at radius 2 is 0.444 bits per heavy atom. The van der Waals surface area contributed by atoms with Gasteiger partial charge in [0.25, 0.3) is 0 Å². The van der Waals surface area contributed by atoms with E-state index in [-0.39, 0.29) is 31.1 Å². The van der Waals surface area contributed by atoms with E-state index >= 15 is 0 Å². The van der Waals surface area contributed by atoms with Crippen molar-refractivity contribution < 1.29 is 28.6 Å². The number of allylic oxidation sites excluding steroid dienone is 10. The first-order valence-corrected chi connectivity index (χ1v) is 35.8. The summed E-state index contributed by atoms with van der Waals surface area (Å²) >= 11 is 0. The highest BCUT2D eigenvalue weighted by atomic mass is 16.6. The fourth-order valence-electron chi connectivity index (χ4n) is 10.6. The Balaban J connectivity index is 4.30. The van der Waals surface area contributed by atoms with Gasteiger partial charge >= 0.3 is 17.9 Å². The molecule has 0 aliphatic carbocycles. The van der Waals surface area contributed by atoms with Crippen LogP contribution in [0.5, 0.6) is 0 Å². The van der Waals surface area contributed by atoms with Crippen molar-refractivity contribution in [1.82, 2.24) is 0 Å². The van der Waals surface area contributed by atoms with E-state index in [1.807, 2.05) is 0 Å². The molecular weight excluding hydrogens is 997 g/mol. The molecule has 0 amide bonds. The van der Waals surface area contributed by atoms with Gasteiger partial charge in [0, 0.05) is 19.3 Å². The average molecular weight is 1130 g/mol. The number of ether oxygens (including phenoxy) is 3. The summed E-state index contributed by atoms with van der Waals surface area (Å²) in [5, 5.41) is 0. The lowest BCUT2D eigenvalue weighted by Gasteiger charge is -2.18. The lowest BCUT2D eigenvalue weighted by molar-refractivity contribution is -0.167. The summed E-state index contributed by atoms with van der Waals surface area (Å²) in [7, 11) is 0. The van der Waals surface area contributed by atoms with E-state index in [1.165, 1.54) is 257 Å². The van der Waals surface area contributed by atoms with Gasteiger partial charge < -0.3 is 14.2 Å². The van der Waals surface area contributed by atoms with E-state index in [1.54, 1.807) is 0 Å². The molecule has 0 radical (unpaired) electrons. The maximum Gasteiger partial charge on any atom is 0.306 e. The van der Waals surface area contributed by atoms with E-state index in [4.69, 9.17) is 14.2 Å². The number of hydrogen-bond donors (Lipinski definition) is 0. The maximum atomic E-state index is 13.0. The molecule has 0 bridgehead atoms. The third-order valence-electron chi connectivity index (χ3n) is 16.0. The average Bonchev–Trinajstić information content (AvgIpc) is 3.47. The molecule has 0 aromatic carbocycles. The number of carbonyl (C=O) groups excluding carboxylic acids is 3. The Kier molecular flexibility index (Phi) is 67.1. The minimum Gasteiger partial charge on any atom is -0.462 e. The van der Waals surface area contributed by atoms with Crippen molar-refractivity contribution in [3.63, 3.8) is 0 Å². The second kappa shape index (κ2) is 69.6. The quantitative estimate of drug-likeness (QED) is 0.0261. The standard InChI is InChI=1S/C75H136O6/c1-4-7-10-13-16-19-22-25-28-31-33-34-35-36-37-38-39-40-42-44-47-50-53-56-59-62-65-68-74(77)80-71-72(70-79-73(76)67-64-61-58-55-52-49-46-43-30-27-24-21-18-15-12-9-6-3)81-75(78)69-66-63-60-57-54-51-48-45-41-32-29-26-23-20-17-14-11-8-5-2/h17,20,22,25-26,29,31,33,41,45,72H,4-16,18-19,21,23-24,27-28,30,32,34-40,42-44,46-71H2,1-3H3/b20-17-,25-22-,29-26-,33-31-,45-41-. The Morgan fingerprint density at radius 1 is 0.247 bits per heavy atom. The fraction of sp³-hybridized carbons (Fsp3) is 0.827. The van der Waals surface area contributed by atoms with Crippen molar-refractivity contribution in [2.75, 3.05) is 13.2 Å². The van der Waals surface area contributed by atoms with Gasteiger partial charge in [-0.3, -0.25) is 14.4 Å². The summed E-state index contributed by atoms with van der Waals surface area (Å²) in [6.07, 6.45) is 89.6. The van der Waals surface area contributed by atoms with Crippen LogP contribution in [0.15, 0.2) is 60.8 Å². The van der Waals surface area contributed by atoms with Gasteiger partial charge in [-0.2, -0.15) is 0 Å². The monoisotopic (exact) mass is 1130 g/mol. The van der Waals surface area contributed by atoms with Gasteiger partial charge in [-0.25, -0.2) is 0 Å². The Labute approximate surface area is 504 Å². The smallest absolute Gasteiger partial charge is 0.306 e. The van der Waals surface area contributed by atoms with Crippen LogP contribution in [0.1, 0.15) is 380 Å². The van der Waals surface area contributed by atoms with Crippen LogP contribution in [0.4, 0.5) is 0 Å². The Bertz CT molecular complexity index is 1440. The minimum atomic E-state index is -0.781. The number of esters is 3. The molecule has 0 saturated heterocycles. The summed E-state index contributed by atoms with van der Waals surface area (Å²) in [6, 6.07) is 0. The normalized spacial score (nSPS) is 12.4. The molecule has 0 aliphatic heterocycles. The zero-order chi connectivity index (χ0) is 58.5. The zero-order valence-electron chi connectivity index (χ0n) is 54.3. The molecule has 472 valence electrons. The van der Waals surface area contributed by atoms with Crippen LogP contribution in [-0.4, -0.2) is 37.2 Å². The topological polar surface area (TPSA) is 78.9 Å². The number of hydrogen-bond acceptors (Lipinski definition) is 6. The molecule has 0 spiro atoms. The third kappa shape index (κ3) is 67.8. The van der Waals surface area contributed by atoms with Crippen molar-refractivity contribution in [3.05, 3.63) is 60.8 Å². The first-order chi connectivity index (χ1) is 40.0. The summed E-state index contributed by atoms with van der Waals surface area (Å²) in [6.45, 7) is 6.66. The highest BCUT2D eigenvalue weighted by Crippen LogP contribution is 2.18. The zero-order valence-corrected chi connectivity index (χ0v) is 54.3. The first-order valence-electron chi connectivity index (χ1n) is 35.8. The van der Waals surface area contributed by atoms with Crippen LogP contribution in [-0.2, 0) is 28.6 Å². The largest absolute Gasteiger partial charge is 0.462 e. The second-order valence-electron chi connectivity index (χ2n) is 24.1. The lowest BCUT2D eigenvalue weighted by Crippen LogP contribution is -2.30. The molecule has 0 rings (SSSR count). The molecule has 0 fully saturated rings. The van der Waals surface area contributed by atoms with Gasteiger partial charge in [0.2, 0.25) is 0 Å². The number of unbranched alkanes of at least 4 members (excludes halogenated alkanes) is 45. The van der Waals surface area contributed by atoms with Gasteiger partial charge in [-0.15, -0.1) is 0 Å². The maximum absolute atomic E-state index is 13.0. The highest BCUT2D eigenvalue weighted by molar-refractivity contribution is 5.71. The summed E-state index contributed by atoms with van der Waals surface area (Å²) in [4.78, 5) is 38.5. The van der Waals surface area contributed by atoms with Crippen LogP contribution in [0, 0.1) is 0 Å². The van der Waals surface area contributed by atoms with E-state index < -0.39 is 6.10 Å². The van der Waals surface area contributed by atoms with Gasteiger partial charge in [-0.05, 0) is 89.9 Å². The minimum absolute atomic E-state index is 0.0750. The van der Waals surface area contributed by atoms with Gasteiger partial charge in [0.05, 0.1) is 0 Å². The van der Waals surface area contributed by atoms with E-state index in [9.17, 15) is 14.4 Å². The highest BCUT2D eigenvalue weighted by Gasteiger charge is 2.19. The second-order valence-corrected chi connectivity index (χ2v) is 24.1. The van der Waals surface area contributed by atoms with Crippen LogP contribution in [0.2, 0.25) is 0 Å². The van der Waals surface area contributed by atoms with Crippen LogP contribution >= 0.6 is 0 Å². The molecule has 1 unspecified atom stereocenters. The molecule has 0 aromatic rings. The molecule has 0 saturated carbocycles. The van der Waals surface area contributed by atoms with Crippen molar-refractivity contribution in [1.29, 1.82) is 0 Å². The van der Waals surface area contributed by atoms with E-state index in [2.05, 4.69) is 81.5 Å². The summed E-state index contributed by atoms with van der Waals surface area (Å²) < 4.78 is 17.0. The Hall–Kier alpha value is -2.89. The van der Waals surface area contributed by atoms with Crippen molar-refractivity contribution in [2.45, 2.75) is 386 Å². The van der Waals surface area contributed by atoms with E-state index in [0.29, 0.717) is 19.3 Å². The third-order valence-corrected chi connectivity index (χ3v) is 16.0. The summed E-state index contributed by atoms with van der Waals surface area (Å²) in [5.74, 6) is -0.862. The molecule has 0 aliphatic rings. The number of rotatable bonds is 66. The summed E-state index contributed by atoms with van der Waals surface area (Å²) in [5.41, 5.74) is 0. The first kappa shape index (κ1) is 78.1. The molecule has 0 aromatic heterocycles. The number of carbonyl (C=O) groups is 3. The molecule has 6 heteroatoms. The SMILES string of the molecule is CCCCC/C=C\C/C=C\C/C=C\CCCCCCCCC(=O)OC(COC(=O)CCCCCCCCCCCCCCCCC/C=C\C/C=C\CCCCCCC)COC(=O)CCCCCCCCCCCCCCCCCCC. The molecule has 0 N–H and O–H groups in total. The van der Waals surface area contributed by atoms with Crippen LogP contribution in [0.25, 0.3) is 0 Å². The van der Waals surface area contributed by atoms with Crippen LogP contribution < -0.4 is 0 Å². The van der Waals surface area contributed by atoms with Crippen molar-refractivity contribution in [2.24, 2.45) is 0 Å².